The van der Waals surface area contributed by atoms with Crippen LogP contribution in [-0.4, -0.2) is 10.5 Å². The first-order chi connectivity index (χ1) is 7.66. The minimum Gasteiger partial charge on any atom is -0.327 e. The van der Waals surface area contributed by atoms with E-state index in [0.29, 0.717) is 10.4 Å². The summed E-state index contributed by atoms with van der Waals surface area (Å²) < 4.78 is 14.4. The van der Waals surface area contributed by atoms with Crippen molar-refractivity contribution in [3.63, 3.8) is 0 Å². The maximum atomic E-state index is 12.6. The van der Waals surface area contributed by atoms with Crippen LogP contribution in [0.3, 0.4) is 0 Å². The lowest BCUT2D eigenvalue weighted by molar-refractivity contribution is 0.0998. The van der Waals surface area contributed by atoms with Crippen LogP contribution in [-0.2, 0) is 7.05 Å². The maximum absolute atomic E-state index is 12.6. The lowest BCUT2D eigenvalue weighted by atomic mass is 10.2. The van der Waals surface area contributed by atoms with Crippen LogP contribution in [0.4, 0.5) is 4.39 Å². The number of thiazole rings is 1. The molecular formula is C11H9FN2OS. The fraction of sp³-hybridized carbons (Fsp3) is 0.0909. The van der Waals surface area contributed by atoms with Crippen molar-refractivity contribution < 1.29 is 9.18 Å². The van der Waals surface area contributed by atoms with E-state index in [9.17, 15) is 9.18 Å². The van der Waals surface area contributed by atoms with Gasteiger partial charge in [-0.3, -0.25) is 4.79 Å². The number of benzene rings is 1. The Morgan fingerprint density at radius 3 is 2.62 bits per heavy atom. The number of halogens is 1. The van der Waals surface area contributed by atoms with Gasteiger partial charge in [-0.05, 0) is 24.3 Å². The van der Waals surface area contributed by atoms with Crippen molar-refractivity contribution in [1.29, 1.82) is 0 Å². The first-order valence-electron chi connectivity index (χ1n) is 4.61. The number of amides is 1. The highest BCUT2D eigenvalue weighted by molar-refractivity contribution is 7.07. The van der Waals surface area contributed by atoms with Gasteiger partial charge in [0, 0.05) is 24.2 Å². The minimum atomic E-state index is -0.363. The molecule has 1 aromatic heterocycles. The molecule has 82 valence electrons. The average molecular weight is 236 g/mol. The highest BCUT2D eigenvalue weighted by Gasteiger charge is 2.03. The Balaban J connectivity index is 2.34. The van der Waals surface area contributed by atoms with Crippen LogP contribution >= 0.6 is 11.3 Å². The first-order valence-corrected chi connectivity index (χ1v) is 5.49. The Kier molecular flexibility index (Phi) is 2.96. The number of carbonyl (C=O) groups is 1. The van der Waals surface area contributed by atoms with Crippen molar-refractivity contribution in [3.8, 4) is 0 Å². The van der Waals surface area contributed by atoms with Crippen molar-refractivity contribution in [2.45, 2.75) is 0 Å². The third-order valence-corrected chi connectivity index (χ3v) is 2.90. The van der Waals surface area contributed by atoms with Crippen molar-refractivity contribution in [1.82, 2.24) is 4.57 Å². The number of rotatable bonds is 1. The standard InChI is InChI=1S/C11H9FN2OS/c1-14-6-7-16-11(14)13-10(15)8-2-4-9(12)5-3-8/h2-7H,1H3. The Morgan fingerprint density at radius 1 is 1.38 bits per heavy atom. The topological polar surface area (TPSA) is 34.4 Å². The molecule has 2 rings (SSSR count). The zero-order chi connectivity index (χ0) is 11.5. The second-order valence-corrected chi connectivity index (χ2v) is 4.09. The number of nitrogens with zero attached hydrogens (tertiary/aromatic N) is 2. The summed E-state index contributed by atoms with van der Waals surface area (Å²) in [7, 11) is 1.81. The van der Waals surface area contributed by atoms with E-state index in [1.807, 2.05) is 18.6 Å². The second kappa shape index (κ2) is 4.40. The van der Waals surface area contributed by atoms with E-state index >= 15 is 0 Å². The van der Waals surface area contributed by atoms with Gasteiger partial charge in [0.1, 0.15) is 5.82 Å². The van der Waals surface area contributed by atoms with Gasteiger partial charge in [0.2, 0.25) is 0 Å². The SMILES string of the molecule is Cn1ccsc1=NC(=O)c1ccc(F)cc1. The van der Waals surface area contributed by atoms with E-state index in [2.05, 4.69) is 4.99 Å². The van der Waals surface area contributed by atoms with Gasteiger partial charge in [0.05, 0.1) is 0 Å². The highest BCUT2D eigenvalue weighted by Crippen LogP contribution is 2.04. The van der Waals surface area contributed by atoms with Gasteiger partial charge in [0.15, 0.2) is 4.80 Å². The van der Waals surface area contributed by atoms with E-state index in [4.69, 9.17) is 0 Å². The first kappa shape index (κ1) is 10.8. The van der Waals surface area contributed by atoms with E-state index in [0.717, 1.165) is 0 Å². The van der Waals surface area contributed by atoms with Gasteiger partial charge in [-0.15, -0.1) is 11.3 Å². The van der Waals surface area contributed by atoms with Crippen molar-refractivity contribution in [2.24, 2.45) is 12.0 Å². The third kappa shape index (κ3) is 2.25. The molecule has 0 radical (unpaired) electrons. The lowest BCUT2D eigenvalue weighted by Crippen LogP contribution is -2.12. The van der Waals surface area contributed by atoms with Crippen LogP contribution in [0.15, 0.2) is 40.8 Å². The molecule has 2 aromatic rings. The predicted molar refractivity (Wildman–Crippen MR) is 59.6 cm³/mol. The van der Waals surface area contributed by atoms with Gasteiger partial charge >= 0.3 is 0 Å². The Bertz CT molecular complexity index is 568. The monoisotopic (exact) mass is 236 g/mol. The summed E-state index contributed by atoms with van der Waals surface area (Å²) >= 11 is 1.38. The summed E-state index contributed by atoms with van der Waals surface area (Å²) in [5, 5.41) is 1.84. The van der Waals surface area contributed by atoms with Crippen molar-refractivity contribution >= 4 is 17.2 Å². The molecule has 0 bridgehead atoms. The third-order valence-electron chi connectivity index (χ3n) is 2.05. The van der Waals surface area contributed by atoms with Crippen LogP contribution < -0.4 is 4.80 Å². The van der Waals surface area contributed by atoms with Crippen molar-refractivity contribution in [2.75, 3.05) is 0 Å². The second-order valence-electron chi connectivity index (χ2n) is 3.22. The highest BCUT2D eigenvalue weighted by atomic mass is 32.1. The number of hydrogen-bond acceptors (Lipinski definition) is 2. The molecule has 0 aliphatic heterocycles. The molecule has 3 nitrogen and oxygen atoms in total. The molecule has 0 saturated carbocycles. The Morgan fingerprint density at radius 2 is 2.06 bits per heavy atom. The van der Waals surface area contributed by atoms with E-state index in [1.54, 1.807) is 4.57 Å². The molecule has 0 spiro atoms. The maximum Gasteiger partial charge on any atom is 0.279 e. The van der Waals surface area contributed by atoms with Crippen LogP contribution in [0.2, 0.25) is 0 Å². The molecule has 5 heteroatoms. The van der Waals surface area contributed by atoms with Crippen molar-refractivity contribution in [3.05, 3.63) is 52.0 Å². The van der Waals surface area contributed by atoms with Gasteiger partial charge in [-0.25, -0.2) is 4.39 Å². The van der Waals surface area contributed by atoms with Gasteiger partial charge in [0.25, 0.3) is 5.91 Å². The summed E-state index contributed by atoms with van der Waals surface area (Å²) in [6, 6.07) is 5.35. The minimum absolute atomic E-state index is 0.363. The number of carbonyl (C=O) groups excluding carboxylic acids is 1. The molecule has 1 aromatic carbocycles. The van der Waals surface area contributed by atoms with Crippen LogP contribution in [0.5, 0.6) is 0 Å². The molecule has 0 fully saturated rings. The molecule has 1 heterocycles. The number of aromatic nitrogens is 1. The number of hydrogen-bond donors (Lipinski definition) is 0. The molecule has 0 aliphatic carbocycles. The van der Waals surface area contributed by atoms with E-state index in [-0.39, 0.29) is 11.7 Å². The molecular weight excluding hydrogens is 227 g/mol. The Hall–Kier alpha value is -1.75. The zero-order valence-corrected chi connectivity index (χ0v) is 9.37. The zero-order valence-electron chi connectivity index (χ0n) is 8.55. The molecule has 0 atom stereocenters. The molecule has 0 saturated heterocycles. The van der Waals surface area contributed by atoms with Crippen LogP contribution in [0.25, 0.3) is 0 Å². The smallest absolute Gasteiger partial charge is 0.279 e. The Labute approximate surface area is 95.5 Å². The van der Waals surface area contributed by atoms with Gasteiger partial charge in [-0.1, -0.05) is 0 Å². The molecule has 0 unspecified atom stereocenters. The molecule has 0 N–H and O–H groups in total. The average Bonchev–Trinajstić information content (AvgIpc) is 2.65. The quantitative estimate of drug-likeness (QED) is 0.745. The molecule has 1 amide bonds. The summed E-state index contributed by atoms with van der Waals surface area (Å²) in [5.74, 6) is -0.726. The fourth-order valence-electron chi connectivity index (χ4n) is 1.18. The van der Waals surface area contributed by atoms with E-state index < -0.39 is 0 Å². The summed E-state index contributed by atoms with van der Waals surface area (Å²) in [6.45, 7) is 0. The van der Waals surface area contributed by atoms with Gasteiger partial charge in [-0.2, -0.15) is 4.99 Å². The summed E-state index contributed by atoms with van der Waals surface area (Å²) in [6.07, 6.45) is 1.82. The lowest BCUT2D eigenvalue weighted by Gasteiger charge is -1.94. The van der Waals surface area contributed by atoms with Crippen LogP contribution in [0, 0.1) is 5.82 Å². The fourth-order valence-corrected chi connectivity index (χ4v) is 1.91. The summed E-state index contributed by atoms with van der Waals surface area (Å²) in [5.41, 5.74) is 0.384. The van der Waals surface area contributed by atoms with Gasteiger partial charge < -0.3 is 4.57 Å². The van der Waals surface area contributed by atoms with Crippen LogP contribution in [0.1, 0.15) is 10.4 Å². The summed E-state index contributed by atoms with van der Waals surface area (Å²) in [4.78, 5) is 16.2. The van der Waals surface area contributed by atoms with E-state index in [1.165, 1.54) is 35.6 Å². The normalized spacial score (nSPS) is 11.8. The molecule has 16 heavy (non-hydrogen) atoms. The number of aryl methyl sites for hydroxylation is 1. The predicted octanol–water partition coefficient (Wildman–Crippen LogP) is 1.97. The molecule has 0 aliphatic rings. The largest absolute Gasteiger partial charge is 0.327 e.